The van der Waals surface area contributed by atoms with Crippen molar-refractivity contribution in [1.29, 1.82) is 0 Å². The van der Waals surface area contributed by atoms with Gasteiger partial charge < -0.3 is 0 Å². The number of aliphatic imine (C=N–C) groups is 1. The standard InChI is InChI=1S/C31H29ClN2/c1-6-12-24-17-18-25(19-20(24)3)30-28-16-11-10-14-26(28)21(4)31(34-30)33-22(5)29(32)27-15-9-8-13-23(27)7-2/h6-19H,1-5H3/b12-6-,23-7-,29-27+,33-22+. The SMILES string of the molecule is C/C=C\c1ccc(-c2nc(/N=C(C)/C(Cl)=c3/cccc/c3=C/C)c(C)c3ccccc23)cc1C. The number of rotatable bonds is 4. The molecule has 0 aliphatic carbocycles. The number of nitrogens with zero attached hydrogens (tertiary/aromatic N) is 2. The molecule has 0 aliphatic heterocycles. The van der Waals surface area contributed by atoms with Crippen molar-refractivity contribution in [2.75, 3.05) is 0 Å². The third kappa shape index (κ3) is 4.60. The zero-order valence-corrected chi connectivity index (χ0v) is 21.1. The van der Waals surface area contributed by atoms with Crippen LogP contribution in [-0.4, -0.2) is 10.7 Å². The molecular formula is C31H29ClN2. The lowest BCUT2D eigenvalue weighted by Crippen LogP contribution is -2.26. The molecular weight excluding hydrogens is 436 g/mol. The van der Waals surface area contributed by atoms with Crippen molar-refractivity contribution in [3.8, 4) is 11.3 Å². The normalized spacial score (nSPS) is 13.7. The summed E-state index contributed by atoms with van der Waals surface area (Å²) in [6, 6.07) is 23.0. The van der Waals surface area contributed by atoms with E-state index in [0.29, 0.717) is 10.9 Å². The van der Waals surface area contributed by atoms with Crippen LogP contribution in [0.15, 0.2) is 77.8 Å². The Hall–Kier alpha value is -3.49. The van der Waals surface area contributed by atoms with Crippen molar-refractivity contribution in [1.82, 2.24) is 4.98 Å². The minimum Gasteiger partial charge on any atom is -0.232 e. The van der Waals surface area contributed by atoms with Crippen molar-refractivity contribution >= 4 is 51.1 Å². The molecule has 0 atom stereocenters. The van der Waals surface area contributed by atoms with E-state index in [-0.39, 0.29) is 0 Å². The fraction of sp³-hybridized carbons (Fsp3) is 0.161. The van der Waals surface area contributed by atoms with Gasteiger partial charge in [-0.3, -0.25) is 0 Å². The molecule has 0 radical (unpaired) electrons. The minimum atomic E-state index is 0.635. The Morgan fingerprint density at radius 3 is 2.32 bits per heavy atom. The number of pyridine rings is 1. The number of hydrogen-bond donors (Lipinski definition) is 0. The van der Waals surface area contributed by atoms with Gasteiger partial charge in [0.25, 0.3) is 0 Å². The van der Waals surface area contributed by atoms with E-state index >= 15 is 0 Å². The van der Waals surface area contributed by atoms with Crippen molar-refractivity contribution < 1.29 is 0 Å². The van der Waals surface area contributed by atoms with Gasteiger partial charge in [-0.2, -0.15) is 0 Å². The predicted molar refractivity (Wildman–Crippen MR) is 149 cm³/mol. The van der Waals surface area contributed by atoms with Crippen LogP contribution >= 0.6 is 11.6 Å². The van der Waals surface area contributed by atoms with E-state index in [1.807, 2.05) is 39.0 Å². The van der Waals surface area contributed by atoms with E-state index < -0.39 is 0 Å². The summed E-state index contributed by atoms with van der Waals surface area (Å²) in [7, 11) is 0. The largest absolute Gasteiger partial charge is 0.232 e. The highest BCUT2D eigenvalue weighted by molar-refractivity contribution is 6.61. The molecule has 170 valence electrons. The molecule has 0 N–H and O–H groups in total. The Labute approximate surface area is 206 Å². The summed E-state index contributed by atoms with van der Waals surface area (Å²) >= 11 is 6.82. The highest BCUT2D eigenvalue weighted by Gasteiger charge is 2.14. The van der Waals surface area contributed by atoms with Crippen LogP contribution in [0, 0.1) is 13.8 Å². The number of fused-ring (bicyclic) bond motifs is 1. The number of halogens is 1. The van der Waals surface area contributed by atoms with E-state index in [4.69, 9.17) is 21.6 Å². The molecule has 1 heterocycles. The van der Waals surface area contributed by atoms with E-state index in [1.165, 1.54) is 11.1 Å². The van der Waals surface area contributed by atoms with Gasteiger partial charge in [-0.25, -0.2) is 9.98 Å². The summed E-state index contributed by atoms with van der Waals surface area (Å²) in [5.41, 5.74) is 6.23. The first kappa shape index (κ1) is 23.7. The summed E-state index contributed by atoms with van der Waals surface area (Å²) in [5, 5.41) is 4.96. The molecule has 4 aromatic rings. The molecule has 3 aromatic carbocycles. The van der Waals surface area contributed by atoms with Gasteiger partial charge in [-0.1, -0.05) is 90.5 Å². The molecule has 1 aromatic heterocycles. The highest BCUT2D eigenvalue weighted by Crippen LogP contribution is 2.34. The van der Waals surface area contributed by atoms with Gasteiger partial charge in [-0.15, -0.1) is 0 Å². The number of allylic oxidation sites excluding steroid dienone is 1. The summed E-state index contributed by atoms with van der Waals surface area (Å²) in [6.45, 7) is 10.2. The van der Waals surface area contributed by atoms with Crippen LogP contribution in [0.5, 0.6) is 0 Å². The van der Waals surface area contributed by atoms with Crippen molar-refractivity contribution in [3.63, 3.8) is 0 Å². The second-order valence-corrected chi connectivity index (χ2v) is 8.79. The minimum absolute atomic E-state index is 0.635. The topological polar surface area (TPSA) is 25.2 Å². The lowest BCUT2D eigenvalue weighted by molar-refractivity contribution is 1.25. The molecule has 34 heavy (non-hydrogen) atoms. The first-order chi connectivity index (χ1) is 16.4. The van der Waals surface area contributed by atoms with E-state index in [9.17, 15) is 0 Å². The fourth-order valence-electron chi connectivity index (χ4n) is 4.26. The van der Waals surface area contributed by atoms with Gasteiger partial charge in [0.15, 0.2) is 5.82 Å². The highest BCUT2D eigenvalue weighted by atomic mass is 35.5. The Morgan fingerprint density at radius 2 is 1.62 bits per heavy atom. The van der Waals surface area contributed by atoms with Gasteiger partial charge in [0.1, 0.15) is 0 Å². The van der Waals surface area contributed by atoms with Crippen LogP contribution in [-0.2, 0) is 0 Å². The van der Waals surface area contributed by atoms with Gasteiger partial charge in [-0.05, 0) is 62.4 Å². The van der Waals surface area contributed by atoms with Gasteiger partial charge in [0, 0.05) is 21.7 Å². The van der Waals surface area contributed by atoms with Crippen LogP contribution in [0.1, 0.15) is 37.5 Å². The summed E-state index contributed by atoms with van der Waals surface area (Å²) in [6.07, 6.45) is 6.25. The zero-order valence-electron chi connectivity index (χ0n) is 20.4. The third-order valence-corrected chi connectivity index (χ3v) is 6.61. The molecule has 0 bridgehead atoms. The van der Waals surface area contributed by atoms with Crippen LogP contribution < -0.4 is 10.4 Å². The van der Waals surface area contributed by atoms with Crippen molar-refractivity contribution in [2.45, 2.75) is 34.6 Å². The van der Waals surface area contributed by atoms with Crippen LogP contribution in [0.25, 0.3) is 39.2 Å². The molecule has 0 fully saturated rings. The van der Waals surface area contributed by atoms with Crippen molar-refractivity contribution in [2.24, 2.45) is 4.99 Å². The van der Waals surface area contributed by atoms with Crippen LogP contribution in [0.2, 0.25) is 0 Å². The number of benzene rings is 3. The zero-order chi connectivity index (χ0) is 24.2. The quantitative estimate of drug-likeness (QED) is 0.287. The lowest BCUT2D eigenvalue weighted by atomic mass is 9.97. The summed E-state index contributed by atoms with van der Waals surface area (Å²) < 4.78 is 0. The maximum absolute atomic E-state index is 6.82. The van der Waals surface area contributed by atoms with Gasteiger partial charge in [0.05, 0.1) is 16.4 Å². The van der Waals surface area contributed by atoms with E-state index in [0.717, 1.165) is 43.7 Å². The second kappa shape index (κ2) is 10.2. The average Bonchev–Trinajstić information content (AvgIpc) is 2.86. The Bertz CT molecular complexity index is 1560. The monoisotopic (exact) mass is 464 g/mol. The fourth-order valence-corrected chi connectivity index (χ4v) is 4.47. The smallest absolute Gasteiger partial charge is 0.156 e. The van der Waals surface area contributed by atoms with E-state index in [2.05, 4.69) is 80.6 Å². The number of aromatic nitrogens is 1. The summed E-state index contributed by atoms with van der Waals surface area (Å²) in [4.78, 5) is 9.99. The molecule has 4 rings (SSSR count). The Balaban J connectivity index is 1.95. The molecule has 0 spiro atoms. The Morgan fingerprint density at radius 1 is 0.912 bits per heavy atom. The van der Waals surface area contributed by atoms with Crippen molar-refractivity contribution in [3.05, 3.63) is 99.9 Å². The summed E-state index contributed by atoms with van der Waals surface area (Å²) in [5.74, 6) is 0.692. The molecule has 0 aliphatic rings. The first-order valence-corrected chi connectivity index (χ1v) is 11.9. The molecule has 3 heteroatoms. The maximum Gasteiger partial charge on any atom is 0.156 e. The van der Waals surface area contributed by atoms with E-state index in [1.54, 1.807) is 0 Å². The van der Waals surface area contributed by atoms with Crippen LogP contribution in [0.3, 0.4) is 0 Å². The molecule has 0 amide bonds. The van der Waals surface area contributed by atoms with Gasteiger partial charge in [0.2, 0.25) is 0 Å². The first-order valence-electron chi connectivity index (χ1n) is 11.5. The average molecular weight is 465 g/mol. The predicted octanol–water partition coefficient (Wildman–Crippen LogP) is 7.49. The number of aryl methyl sites for hydroxylation is 2. The lowest BCUT2D eigenvalue weighted by Gasteiger charge is -2.13. The van der Waals surface area contributed by atoms with Gasteiger partial charge >= 0.3 is 0 Å². The molecule has 0 saturated carbocycles. The molecule has 2 nitrogen and oxygen atoms in total. The second-order valence-electron chi connectivity index (χ2n) is 8.41. The number of hydrogen-bond acceptors (Lipinski definition) is 2. The molecule has 0 unspecified atom stereocenters. The molecule has 0 saturated heterocycles. The maximum atomic E-state index is 6.82. The third-order valence-electron chi connectivity index (χ3n) is 6.13. The van der Waals surface area contributed by atoms with Crippen LogP contribution in [0.4, 0.5) is 5.82 Å². The Kier molecular flexibility index (Phi) is 7.09.